The van der Waals surface area contributed by atoms with Crippen LogP contribution in [-0.4, -0.2) is 32.6 Å². The Balaban J connectivity index is 1.78. The van der Waals surface area contributed by atoms with Crippen LogP contribution in [0, 0.1) is 18.8 Å². The van der Waals surface area contributed by atoms with E-state index in [1.807, 2.05) is 6.92 Å². The normalized spacial score (nSPS) is 33.9. The number of hydrogen-bond donors (Lipinski definition) is 2. The van der Waals surface area contributed by atoms with Crippen molar-refractivity contribution in [2.24, 2.45) is 18.9 Å². The van der Waals surface area contributed by atoms with Gasteiger partial charge in [-0.2, -0.15) is 27.1 Å². The molecule has 0 aromatic carbocycles. The highest BCUT2D eigenvalue weighted by atomic mass is 19.4. The Labute approximate surface area is 135 Å². The Morgan fingerprint density at radius 1 is 1.17 bits per heavy atom. The van der Waals surface area contributed by atoms with Gasteiger partial charge in [0.15, 0.2) is 0 Å². The van der Waals surface area contributed by atoms with Crippen LogP contribution in [0.2, 0.25) is 0 Å². The molecule has 2 aliphatic rings. The third-order valence-corrected chi connectivity index (χ3v) is 5.74. The van der Waals surface area contributed by atoms with Crippen LogP contribution in [0.25, 0.3) is 0 Å². The number of aromatic nitrogens is 2. The largest absolute Gasteiger partial charge is 0.456 e. The molecule has 9 heteroatoms. The Hall–Kier alpha value is -1.38. The second-order valence-electron chi connectivity index (χ2n) is 7.22. The van der Waals surface area contributed by atoms with Crippen LogP contribution >= 0.6 is 0 Å². The van der Waals surface area contributed by atoms with Gasteiger partial charge in [-0.3, -0.25) is 4.68 Å². The Morgan fingerprint density at radius 3 is 2.04 bits per heavy atom. The molecule has 2 atom stereocenters. The number of alkyl halides is 5. The molecule has 2 saturated carbocycles. The summed E-state index contributed by atoms with van der Waals surface area (Å²) in [5, 5.41) is 14.4. The number of halogens is 5. The SMILES string of the molecule is Cc1c(C2CC3CC(O)(C(F)(F)C(F)(F)F)CC3C2)nn(C)c1N. The van der Waals surface area contributed by atoms with Gasteiger partial charge in [-0.25, -0.2) is 0 Å². The van der Waals surface area contributed by atoms with Gasteiger partial charge >= 0.3 is 12.1 Å². The number of aryl methyl sites for hydroxylation is 1. The molecule has 3 rings (SSSR count). The van der Waals surface area contributed by atoms with Crippen LogP contribution in [0.4, 0.5) is 27.8 Å². The maximum Gasteiger partial charge on any atom is 0.456 e. The lowest BCUT2D eigenvalue weighted by Crippen LogP contribution is -2.56. The van der Waals surface area contributed by atoms with E-state index < -0.39 is 30.5 Å². The number of aliphatic hydroxyl groups is 1. The lowest BCUT2D eigenvalue weighted by molar-refractivity contribution is -0.341. The Kier molecular flexibility index (Phi) is 3.68. The van der Waals surface area contributed by atoms with E-state index in [-0.39, 0.29) is 17.8 Å². The first-order valence-electron chi connectivity index (χ1n) is 7.83. The number of anilines is 1. The topological polar surface area (TPSA) is 64.1 Å². The summed E-state index contributed by atoms with van der Waals surface area (Å²) in [6.07, 6.45) is -5.94. The van der Waals surface area contributed by atoms with Crippen molar-refractivity contribution in [2.45, 2.75) is 56.2 Å². The summed E-state index contributed by atoms with van der Waals surface area (Å²) in [5.74, 6) is -5.33. The molecule has 0 bridgehead atoms. The molecule has 1 aromatic rings. The molecule has 136 valence electrons. The van der Waals surface area contributed by atoms with Crippen molar-refractivity contribution in [3.63, 3.8) is 0 Å². The van der Waals surface area contributed by atoms with Gasteiger partial charge in [0.2, 0.25) is 0 Å². The lowest BCUT2D eigenvalue weighted by atomic mass is 9.87. The first kappa shape index (κ1) is 17.4. The van der Waals surface area contributed by atoms with Crippen molar-refractivity contribution in [3.05, 3.63) is 11.3 Å². The van der Waals surface area contributed by atoms with Crippen molar-refractivity contribution in [1.29, 1.82) is 0 Å². The summed E-state index contributed by atoms with van der Waals surface area (Å²) in [6.45, 7) is 1.82. The van der Waals surface area contributed by atoms with E-state index in [9.17, 15) is 27.1 Å². The zero-order valence-corrected chi connectivity index (χ0v) is 13.4. The van der Waals surface area contributed by atoms with E-state index in [4.69, 9.17) is 5.73 Å². The Morgan fingerprint density at radius 2 is 1.67 bits per heavy atom. The molecule has 2 aliphatic carbocycles. The van der Waals surface area contributed by atoms with Crippen LogP contribution in [0.5, 0.6) is 0 Å². The van der Waals surface area contributed by atoms with E-state index >= 15 is 0 Å². The summed E-state index contributed by atoms with van der Waals surface area (Å²) in [4.78, 5) is 0. The number of nitrogens with zero attached hydrogens (tertiary/aromatic N) is 2. The number of hydrogen-bond acceptors (Lipinski definition) is 3. The number of nitrogens with two attached hydrogens (primary N) is 1. The van der Waals surface area contributed by atoms with Gasteiger partial charge in [-0.05, 0) is 44.4 Å². The standard InChI is InChI=1S/C15H20F5N3O/c1-7-11(22-23(2)12(7)21)8-3-9-5-13(24,6-10(9)4-8)14(16,17)15(18,19)20/h8-10,24H,3-6,21H2,1-2H3. The predicted octanol–water partition coefficient (Wildman–Crippen LogP) is 3.14. The van der Waals surface area contributed by atoms with E-state index in [0.717, 1.165) is 11.3 Å². The van der Waals surface area contributed by atoms with Gasteiger partial charge in [-0.1, -0.05) is 0 Å². The summed E-state index contributed by atoms with van der Waals surface area (Å²) in [6, 6.07) is 0. The maximum absolute atomic E-state index is 13.7. The van der Waals surface area contributed by atoms with E-state index in [1.54, 1.807) is 7.05 Å². The molecular formula is C15H20F5N3O. The van der Waals surface area contributed by atoms with Crippen molar-refractivity contribution in [2.75, 3.05) is 5.73 Å². The molecule has 24 heavy (non-hydrogen) atoms. The van der Waals surface area contributed by atoms with Crippen LogP contribution < -0.4 is 5.73 Å². The van der Waals surface area contributed by atoms with E-state index in [0.29, 0.717) is 18.7 Å². The van der Waals surface area contributed by atoms with Gasteiger partial charge in [0.05, 0.1) is 5.69 Å². The molecule has 0 amide bonds. The third kappa shape index (κ3) is 2.31. The summed E-state index contributed by atoms with van der Waals surface area (Å²) in [5.41, 5.74) is 4.45. The first-order chi connectivity index (χ1) is 10.9. The maximum atomic E-state index is 13.7. The molecule has 0 spiro atoms. The number of fused-ring (bicyclic) bond motifs is 1. The molecule has 1 heterocycles. The minimum Gasteiger partial charge on any atom is -0.384 e. The van der Waals surface area contributed by atoms with Crippen LogP contribution in [0.3, 0.4) is 0 Å². The average Bonchev–Trinajstić information content (AvgIpc) is 3.04. The monoisotopic (exact) mass is 353 g/mol. The molecule has 4 nitrogen and oxygen atoms in total. The zero-order chi connectivity index (χ0) is 18.1. The van der Waals surface area contributed by atoms with E-state index in [1.165, 1.54) is 4.68 Å². The summed E-state index contributed by atoms with van der Waals surface area (Å²) in [7, 11) is 1.70. The second kappa shape index (κ2) is 5.06. The molecule has 0 radical (unpaired) electrons. The van der Waals surface area contributed by atoms with Crippen molar-refractivity contribution in [1.82, 2.24) is 9.78 Å². The quantitative estimate of drug-likeness (QED) is 0.803. The molecule has 0 saturated heterocycles. The highest BCUT2D eigenvalue weighted by molar-refractivity contribution is 5.43. The van der Waals surface area contributed by atoms with Gasteiger partial charge in [0.1, 0.15) is 11.4 Å². The molecule has 3 N–H and O–H groups in total. The number of rotatable bonds is 2. The van der Waals surface area contributed by atoms with Crippen molar-refractivity contribution >= 4 is 5.82 Å². The highest BCUT2D eigenvalue weighted by Crippen LogP contribution is 2.60. The van der Waals surface area contributed by atoms with Gasteiger partial charge < -0.3 is 10.8 Å². The summed E-state index contributed by atoms with van der Waals surface area (Å²) < 4.78 is 66.7. The minimum atomic E-state index is -5.74. The van der Waals surface area contributed by atoms with E-state index in [2.05, 4.69) is 5.10 Å². The van der Waals surface area contributed by atoms with Crippen LogP contribution in [0.15, 0.2) is 0 Å². The third-order valence-electron chi connectivity index (χ3n) is 5.74. The average molecular weight is 353 g/mol. The van der Waals surface area contributed by atoms with Crippen LogP contribution in [0.1, 0.15) is 42.9 Å². The van der Waals surface area contributed by atoms with Crippen molar-refractivity contribution in [3.8, 4) is 0 Å². The summed E-state index contributed by atoms with van der Waals surface area (Å²) >= 11 is 0. The fourth-order valence-electron chi connectivity index (χ4n) is 4.46. The fourth-order valence-corrected chi connectivity index (χ4v) is 4.46. The van der Waals surface area contributed by atoms with Crippen LogP contribution in [-0.2, 0) is 7.05 Å². The fraction of sp³-hybridized carbons (Fsp3) is 0.800. The highest BCUT2D eigenvalue weighted by Gasteiger charge is 2.72. The van der Waals surface area contributed by atoms with Gasteiger partial charge in [0.25, 0.3) is 0 Å². The predicted molar refractivity (Wildman–Crippen MR) is 76.5 cm³/mol. The first-order valence-corrected chi connectivity index (χ1v) is 7.83. The van der Waals surface area contributed by atoms with Gasteiger partial charge in [-0.15, -0.1) is 0 Å². The molecular weight excluding hydrogens is 333 g/mol. The molecule has 2 fully saturated rings. The lowest BCUT2D eigenvalue weighted by Gasteiger charge is -2.34. The molecule has 2 unspecified atom stereocenters. The Bertz CT molecular complexity index is 640. The zero-order valence-electron chi connectivity index (χ0n) is 13.4. The molecule has 0 aliphatic heterocycles. The minimum absolute atomic E-state index is 0.0208. The second-order valence-corrected chi connectivity index (χ2v) is 7.22. The van der Waals surface area contributed by atoms with Gasteiger partial charge in [0, 0.05) is 18.5 Å². The number of nitrogen functional groups attached to an aromatic ring is 1. The smallest absolute Gasteiger partial charge is 0.384 e. The van der Waals surface area contributed by atoms with Crippen molar-refractivity contribution < 1.29 is 27.1 Å². The molecule has 1 aromatic heterocycles.